The van der Waals surface area contributed by atoms with Crippen LogP contribution >= 0.6 is 0 Å². The molecule has 2 aromatic carbocycles. The van der Waals surface area contributed by atoms with Gasteiger partial charge in [0.2, 0.25) is 5.88 Å². The lowest BCUT2D eigenvalue weighted by Crippen LogP contribution is -2.38. The van der Waals surface area contributed by atoms with Gasteiger partial charge in [-0.2, -0.15) is 9.78 Å². The molecule has 1 heterocycles. The van der Waals surface area contributed by atoms with Gasteiger partial charge in [0, 0.05) is 6.07 Å². The first-order chi connectivity index (χ1) is 17.5. The Morgan fingerprint density at radius 1 is 1.14 bits per heavy atom. The molecule has 37 heavy (non-hydrogen) atoms. The molecule has 3 N–H and O–H groups in total. The van der Waals surface area contributed by atoms with Crippen molar-refractivity contribution >= 4 is 11.9 Å². The van der Waals surface area contributed by atoms with Gasteiger partial charge in [0.25, 0.3) is 5.91 Å². The molecule has 2 atom stereocenters. The second-order valence-electron chi connectivity index (χ2n) is 9.16. The van der Waals surface area contributed by atoms with Gasteiger partial charge in [-0.15, -0.1) is 0 Å². The number of halogens is 1. The van der Waals surface area contributed by atoms with Crippen LogP contribution in [0.4, 0.5) is 4.39 Å². The molecule has 3 aromatic rings. The van der Waals surface area contributed by atoms with Crippen LogP contribution in [0, 0.1) is 11.7 Å². The fourth-order valence-corrected chi connectivity index (χ4v) is 3.41. The number of rotatable bonds is 12. The SMILES string of the molecule is CCOc1cccc([C@H](CC(=O)O)NC(=O)c2cc(OCC(C)(O)C(C)C)n(-c3ccccc3F)n2)c1. The zero-order chi connectivity index (χ0) is 27.2. The number of amides is 1. The minimum Gasteiger partial charge on any atom is -0.494 e. The Labute approximate surface area is 214 Å². The molecule has 0 aliphatic carbocycles. The van der Waals surface area contributed by atoms with Crippen molar-refractivity contribution in [3.63, 3.8) is 0 Å². The summed E-state index contributed by atoms with van der Waals surface area (Å²) in [6.07, 6.45) is -0.379. The van der Waals surface area contributed by atoms with Gasteiger partial charge in [0.15, 0.2) is 5.69 Å². The Kier molecular flexibility index (Phi) is 8.88. The topological polar surface area (TPSA) is 123 Å². The Morgan fingerprint density at radius 2 is 1.86 bits per heavy atom. The van der Waals surface area contributed by atoms with E-state index in [4.69, 9.17) is 9.47 Å². The number of carboxylic acid groups (broad SMARTS) is 1. The van der Waals surface area contributed by atoms with E-state index in [0.29, 0.717) is 17.9 Å². The second kappa shape index (κ2) is 11.9. The minimum atomic E-state index is -1.19. The van der Waals surface area contributed by atoms with Gasteiger partial charge in [-0.05, 0) is 49.6 Å². The number of hydrogen-bond donors (Lipinski definition) is 3. The molecule has 0 fully saturated rings. The van der Waals surface area contributed by atoms with Gasteiger partial charge >= 0.3 is 5.97 Å². The van der Waals surface area contributed by atoms with E-state index in [1.165, 1.54) is 24.3 Å². The summed E-state index contributed by atoms with van der Waals surface area (Å²) in [5.74, 6) is -1.92. The molecule has 3 rings (SSSR count). The summed E-state index contributed by atoms with van der Waals surface area (Å²) < 4.78 is 27.0. The molecule has 0 aliphatic heterocycles. The van der Waals surface area contributed by atoms with Crippen LogP contribution in [0.25, 0.3) is 5.69 Å². The number of carboxylic acids is 1. The summed E-state index contributed by atoms with van der Waals surface area (Å²) >= 11 is 0. The number of carbonyl (C=O) groups excluding carboxylic acids is 1. The molecule has 0 bridgehead atoms. The number of nitrogens with one attached hydrogen (secondary N) is 1. The Hall–Kier alpha value is -3.92. The Bertz CT molecular complexity index is 1240. The highest BCUT2D eigenvalue weighted by atomic mass is 19.1. The molecule has 0 radical (unpaired) electrons. The summed E-state index contributed by atoms with van der Waals surface area (Å²) in [4.78, 5) is 24.7. The lowest BCUT2D eigenvalue weighted by atomic mass is 9.94. The monoisotopic (exact) mass is 513 g/mol. The molecule has 1 amide bonds. The number of hydrogen-bond acceptors (Lipinski definition) is 6. The van der Waals surface area contributed by atoms with E-state index in [-0.39, 0.29) is 36.2 Å². The number of nitrogens with zero attached hydrogens (tertiary/aromatic N) is 2. The molecule has 0 aliphatic rings. The van der Waals surface area contributed by atoms with E-state index in [0.717, 1.165) is 4.68 Å². The predicted octanol–water partition coefficient (Wildman–Crippen LogP) is 4.14. The summed E-state index contributed by atoms with van der Waals surface area (Å²) in [6, 6.07) is 13.1. The standard InChI is InChI=1S/C27H32FN3O6/c1-5-36-19-10-8-9-18(13-19)21(15-25(32)33)29-26(34)22-14-24(37-16-27(4,35)17(2)3)31(30-22)23-12-7-6-11-20(23)28/h6-14,17,21,35H,5,15-16H2,1-4H3,(H,29,34)(H,32,33)/t21-,27?/m0/s1. The number of aliphatic carboxylic acids is 1. The molecule has 0 spiro atoms. The van der Waals surface area contributed by atoms with Crippen LogP contribution in [0.5, 0.6) is 11.6 Å². The quantitative estimate of drug-likeness (QED) is 0.333. The van der Waals surface area contributed by atoms with Crippen molar-refractivity contribution in [3.05, 3.63) is 71.7 Å². The number of para-hydroxylation sites is 1. The first-order valence-corrected chi connectivity index (χ1v) is 12.0. The minimum absolute atomic E-state index is 0.0457. The van der Waals surface area contributed by atoms with Crippen molar-refractivity contribution in [2.24, 2.45) is 5.92 Å². The maximum Gasteiger partial charge on any atom is 0.305 e. The van der Waals surface area contributed by atoms with Crippen LogP contribution in [0.3, 0.4) is 0 Å². The molecule has 10 heteroatoms. The predicted molar refractivity (Wildman–Crippen MR) is 135 cm³/mol. The van der Waals surface area contributed by atoms with E-state index in [1.54, 1.807) is 37.3 Å². The number of aromatic nitrogens is 2. The smallest absolute Gasteiger partial charge is 0.305 e. The third kappa shape index (κ3) is 7.07. The molecule has 198 valence electrons. The normalized spacial score (nSPS) is 13.6. The van der Waals surface area contributed by atoms with Crippen LogP contribution in [0.15, 0.2) is 54.6 Å². The van der Waals surface area contributed by atoms with E-state index >= 15 is 0 Å². The average molecular weight is 514 g/mol. The van der Waals surface area contributed by atoms with Crippen LogP contribution in [0.1, 0.15) is 56.2 Å². The van der Waals surface area contributed by atoms with Gasteiger partial charge in [-0.25, -0.2) is 4.39 Å². The zero-order valence-electron chi connectivity index (χ0n) is 21.3. The third-order valence-corrected chi connectivity index (χ3v) is 6.00. The van der Waals surface area contributed by atoms with Crippen molar-refractivity contribution in [1.82, 2.24) is 15.1 Å². The van der Waals surface area contributed by atoms with E-state index < -0.39 is 29.3 Å². The number of benzene rings is 2. The largest absolute Gasteiger partial charge is 0.494 e. The summed E-state index contributed by atoms with van der Waals surface area (Å²) in [6.45, 7) is 7.41. The number of carbonyl (C=O) groups is 2. The van der Waals surface area contributed by atoms with Gasteiger partial charge in [-0.1, -0.05) is 38.1 Å². The van der Waals surface area contributed by atoms with E-state index in [1.807, 2.05) is 20.8 Å². The fourth-order valence-electron chi connectivity index (χ4n) is 3.41. The van der Waals surface area contributed by atoms with Gasteiger partial charge in [0.1, 0.15) is 23.9 Å². The first kappa shape index (κ1) is 27.7. The Morgan fingerprint density at radius 3 is 2.51 bits per heavy atom. The highest BCUT2D eigenvalue weighted by Gasteiger charge is 2.28. The summed E-state index contributed by atoms with van der Waals surface area (Å²) in [5, 5.41) is 27.0. The maximum atomic E-state index is 14.6. The number of aliphatic hydroxyl groups is 1. The molecule has 0 saturated carbocycles. The molecular weight excluding hydrogens is 481 g/mol. The molecule has 1 unspecified atom stereocenters. The van der Waals surface area contributed by atoms with Crippen molar-refractivity contribution < 1.29 is 33.7 Å². The number of ether oxygens (including phenoxy) is 2. The molecule has 0 saturated heterocycles. The maximum absolute atomic E-state index is 14.6. The van der Waals surface area contributed by atoms with Gasteiger partial charge in [0.05, 0.1) is 24.7 Å². The Balaban J connectivity index is 1.94. The van der Waals surface area contributed by atoms with Crippen molar-refractivity contribution in [3.8, 4) is 17.3 Å². The second-order valence-corrected chi connectivity index (χ2v) is 9.16. The van der Waals surface area contributed by atoms with Crippen LogP contribution < -0.4 is 14.8 Å². The molecular formula is C27H32FN3O6. The van der Waals surface area contributed by atoms with Crippen molar-refractivity contribution in [1.29, 1.82) is 0 Å². The van der Waals surface area contributed by atoms with E-state index in [9.17, 15) is 24.2 Å². The molecule has 9 nitrogen and oxygen atoms in total. The van der Waals surface area contributed by atoms with Gasteiger partial charge < -0.3 is 25.0 Å². The molecule has 1 aromatic heterocycles. The fraction of sp³-hybridized carbons (Fsp3) is 0.370. The van der Waals surface area contributed by atoms with Crippen LogP contribution in [-0.4, -0.2) is 50.7 Å². The highest BCUT2D eigenvalue weighted by molar-refractivity contribution is 5.93. The van der Waals surface area contributed by atoms with Crippen molar-refractivity contribution in [2.45, 2.75) is 45.8 Å². The average Bonchev–Trinajstić information content (AvgIpc) is 3.27. The highest BCUT2D eigenvalue weighted by Crippen LogP contribution is 2.26. The van der Waals surface area contributed by atoms with Gasteiger partial charge in [-0.3, -0.25) is 9.59 Å². The van der Waals surface area contributed by atoms with Crippen molar-refractivity contribution in [2.75, 3.05) is 13.2 Å². The first-order valence-electron chi connectivity index (χ1n) is 12.0. The van der Waals surface area contributed by atoms with Crippen LogP contribution in [0.2, 0.25) is 0 Å². The summed E-state index contributed by atoms with van der Waals surface area (Å²) in [5.41, 5.74) is -0.712. The lowest BCUT2D eigenvalue weighted by Gasteiger charge is -2.27. The van der Waals surface area contributed by atoms with E-state index in [2.05, 4.69) is 10.4 Å². The third-order valence-electron chi connectivity index (χ3n) is 6.00. The zero-order valence-corrected chi connectivity index (χ0v) is 21.3. The van der Waals surface area contributed by atoms with Crippen LogP contribution in [-0.2, 0) is 4.79 Å². The lowest BCUT2D eigenvalue weighted by molar-refractivity contribution is -0.137. The summed E-state index contributed by atoms with van der Waals surface area (Å²) in [7, 11) is 0.